The van der Waals surface area contributed by atoms with Gasteiger partial charge in [0.05, 0.1) is 38.5 Å². The van der Waals surface area contributed by atoms with Gasteiger partial charge in [0.25, 0.3) is 0 Å². The molecule has 1 unspecified atom stereocenters. The number of benzene rings is 2. The molecule has 1 aliphatic carbocycles. The van der Waals surface area contributed by atoms with Gasteiger partial charge in [-0.15, -0.1) is 0 Å². The van der Waals surface area contributed by atoms with E-state index in [-0.39, 0.29) is 83.9 Å². The molecule has 4 fully saturated rings. The summed E-state index contributed by atoms with van der Waals surface area (Å²) in [5.41, 5.74) is -1.74. The molecule has 272 valence electrons. The third-order valence-electron chi connectivity index (χ3n) is 11.1. The number of pyridine rings is 1. The van der Waals surface area contributed by atoms with E-state index in [0.717, 1.165) is 25.8 Å². The van der Waals surface area contributed by atoms with Gasteiger partial charge in [0, 0.05) is 31.6 Å². The molecule has 3 aliphatic heterocycles. The van der Waals surface area contributed by atoms with Gasteiger partial charge in [-0.1, -0.05) is 13.0 Å². The quantitative estimate of drug-likeness (QED) is 0.235. The number of ether oxygens (including phenoxy) is 3. The minimum atomic E-state index is -1.38. The maximum Gasteiger partial charge on any atom is 0.319 e. The van der Waals surface area contributed by atoms with Crippen LogP contribution in [0.5, 0.6) is 17.6 Å². The summed E-state index contributed by atoms with van der Waals surface area (Å²) in [4.78, 5) is 17.8. The summed E-state index contributed by atoms with van der Waals surface area (Å²) in [6, 6.07) is 5.47. The largest absolute Gasteiger partial charge is 0.508 e. The standard InChI is InChI=1S/C37H42F3N5O6/c1-4-24-26(39)6-5-20-9-22(47)10-25(27(20)24)30-29(40)31-28(33(41-30)49-3)32(44-13-23(14-46)50-18-35(2,48)16-44)43-34(42-31)51-19-37-11-21(38)12-45(37)17-36(15-37)7-8-36/h5-6,9-10,21,23,46-48H,4,7-8,11-19H2,1-3H3/t21?,23-,35+,37-/m1/s1. The topological polar surface area (TPSA) is 134 Å². The first-order valence-corrected chi connectivity index (χ1v) is 17.5. The number of hydrogen-bond donors (Lipinski definition) is 3. The fourth-order valence-corrected chi connectivity index (χ4v) is 8.67. The lowest BCUT2D eigenvalue weighted by Crippen LogP contribution is -2.44. The van der Waals surface area contributed by atoms with Crippen molar-refractivity contribution >= 4 is 27.5 Å². The first-order chi connectivity index (χ1) is 24.4. The predicted octanol–water partition coefficient (Wildman–Crippen LogP) is 4.69. The highest BCUT2D eigenvalue weighted by atomic mass is 19.1. The summed E-state index contributed by atoms with van der Waals surface area (Å²) >= 11 is 0. The van der Waals surface area contributed by atoms with Crippen molar-refractivity contribution in [3.05, 3.63) is 41.5 Å². The fourth-order valence-electron chi connectivity index (χ4n) is 8.67. The summed E-state index contributed by atoms with van der Waals surface area (Å²) in [6.45, 7) is 4.25. The lowest BCUT2D eigenvalue weighted by atomic mass is 9.89. The highest BCUT2D eigenvalue weighted by molar-refractivity contribution is 6.03. The number of anilines is 1. The number of alkyl halides is 1. The van der Waals surface area contributed by atoms with Gasteiger partial charge in [-0.2, -0.15) is 9.97 Å². The van der Waals surface area contributed by atoms with E-state index in [4.69, 9.17) is 19.2 Å². The molecule has 8 rings (SSSR count). The molecule has 14 heteroatoms. The molecule has 0 bridgehead atoms. The Balaban J connectivity index is 1.32. The van der Waals surface area contributed by atoms with Crippen LogP contribution in [0, 0.1) is 17.0 Å². The first kappa shape index (κ1) is 34.1. The molecule has 2 aromatic heterocycles. The summed E-state index contributed by atoms with van der Waals surface area (Å²) in [5.74, 6) is -1.47. The average molecular weight is 710 g/mol. The van der Waals surface area contributed by atoms with Crippen molar-refractivity contribution in [2.24, 2.45) is 5.41 Å². The number of phenolic OH excluding ortho intramolecular Hbond substituents is 1. The van der Waals surface area contributed by atoms with Gasteiger partial charge in [-0.05, 0) is 72.6 Å². The van der Waals surface area contributed by atoms with Crippen molar-refractivity contribution < 1.29 is 42.7 Å². The van der Waals surface area contributed by atoms with Crippen LogP contribution in [0.1, 0.15) is 45.1 Å². The second-order valence-electron chi connectivity index (χ2n) is 15.2. The van der Waals surface area contributed by atoms with Gasteiger partial charge in [0.2, 0.25) is 5.88 Å². The SMILES string of the molecule is CCc1c(F)ccc2cc(O)cc(-c3nc(OC)c4c(N5C[C@H](CO)OC[C@@](C)(O)C5)nc(OC[C@]56CC(F)CN5CC5(CC5)C6)nc4c3F)c12. The monoisotopic (exact) mass is 709 g/mol. The zero-order valence-electron chi connectivity index (χ0n) is 28.9. The molecule has 1 spiro atoms. The van der Waals surface area contributed by atoms with Crippen LogP contribution in [-0.2, 0) is 11.2 Å². The second kappa shape index (κ2) is 12.3. The van der Waals surface area contributed by atoms with Crippen molar-refractivity contribution in [3.8, 4) is 28.9 Å². The molecule has 11 nitrogen and oxygen atoms in total. The Bertz CT molecular complexity index is 2030. The van der Waals surface area contributed by atoms with Crippen LogP contribution in [0.2, 0.25) is 0 Å². The maximum atomic E-state index is 17.3. The van der Waals surface area contributed by atoms with Crippen LogP contribution in [0.15, 0.2) is 24.3 Å². The van der Waals surface area contributed by atoms with Crippen molar-refractivity contribution in [1.29, 1.82) is 0 Å². The van der Waals surface area contributed by atoms with Gasteiger partial charge in [-0.25, -0.2) is 18.2 Å². The van der Waals surface area contributed by atoms with Crippen LogP contribution in [-0.4, -0.2) is 112 Å². The highest BCUT2D eigenvalue weighted by Gasteiger charge is 2.62. The Labute approximate surface area is 293 Å². The van der Waals surface area contributed by atoms with Gasteiger partial charge in [-0.3, -0.25) is 4.90 Å². The molecule has 2 aromatic carbocycles. The number of rotatable bonds is 8. The smallest absolute Gasteiger partial charge is 0.319 e. The summed E-state index contributed by atoms with van der Waals surface area (Å²) in [5, 5.41) is 33.0. The van der Waals surface area contributed by atoms with Crippen LogP contribution in [0.25, 0.3) is 32.9 Å². The lowest BCUT2D eigenvalue weighted by Gasteiger charge is -2.32. The number of aromatic hydroxyl groups is 1. The number of aryl methyl sites for hydroxylation is 1. The van der Waals surface area contributed by atoms with E-state index >= 15 is 8.78 Å². The number of fused-ring (bicyclic) bond motifs is 3. The van der Waals surface area contributed by atoms with E-state index in [1.807, 2.05) is 0 Å². The van der Waals surface area contributed by atoms with Gasteiger partial charge in [0.1, 0.15) is 52.4 Å². The number of β-amino-alcohol motifs (C(OH)–C–C–N with tert-alkyl or cyclic N) is 1. The summed E-state index contributed by atoms with van der Waals surface area (Å²) < 4.78 is 65.1. The molecule has 4 aromatic rings. The molecular weight excluding hydrogens is 667 g/mol. The molecular formula is C37H42F3N5O6. The molecule has 5 heterocycles. The fraction of sp³-hybridized carbons (Fsp3) is 0.541. The van der Waals surface area contributed by atoms with Crippen LogP contribution in [0.3, 0.4) is 0 Å². The van der Waals surface area contributed by atoms with Crippen LogP contribution < -0.4 is 14.4 Å². The Hall–Kier alpha value is -3.98. The molecule has 1 saturated carbocycles. The van der Waals surface area contributed by atoms with Crippen molar-refractivity contribution in [2.45, 2.75) is 69.4 Å². The normalized spacial score (nSPS) is 27.3. The second-order valence-corrected chi connectivity index (χ2v) is 15.2. The number of aliphatic hydroxyl groups is 2. The number of nitrogens with zero attached hydrogens (tertiary/aromatic N) is 5. The lowest BCUT2D eigenvalue weighted by molar-refractivity contribution is -0.0528. The maximum absolute atomic E-state index is 17.3. The Morgan fingerprint density at radius 1 is 1.08 bits per heavy atom. The molecule has 4 atom stereocenters. The van der Waals surface area contributed by atoms with Gasteiger partial charge >= 0.3 is 6.01 Å². The van der Waals surface area contributed by atoms with E-state index in [0.29, 0.717) is 35.7 Å². The van der Waals surface area contributed by atoms with Crippen molar-refractivity contribution in [2.75, 3.05) is 58.0 Å². The number of phenols is 1. The minimum absolute atomic E-state index is 0.0122. The Kier molecular flexibility index (Phi) is 8.24. The average Bonchev–Trinajstić information content (AvgIpc) is 3.73. The number of aromatic nitrogens is 3. The number of aliphatic hydroxyl groups excluding tert-OH is 1. The number of halogens is 3. The molecule has 3 N–H and O–H groups in total. The number of methoxy groups -OCH3 is 1. The zero-order chi connectivity index (χ0) is 35.9. The molecule has 0 radical (unpaired) electrons. The van der Waals surface area contributed by atoms with E-state index in [9.17, 15) is 19.7 Å². The summed E-state index contributed by atoms with van der Waals surface area (Å²) in [6.07, 6.45) is 1.89. The highest BCUT2D eigenvalue weighted by Crippen LogP contribution is 2.61. The Morgan fingerprint density at radius 2 is 1.88 bits per heavy atom. The molecule has 0 amide bonds. The third-order valence-corrected chi connectivity index (χ3v) is 11.1. The van der Waals surface area contributed by atoms with Gasteiger partial charge < -0.3 is 34.4 Å². The zero-order valence-corrected chi connectivity index (χ0v) is 28.9. The predicted molar refractivity (Wildman–Crippen MR) is 183 cm³/mol. The van der Waals surface area contributed by atoms with E-state index in [1.54, 1.807) is 18.7 Å². The first-order valence-electron chi connectivity index (χ1n) is 17.5. The van der Waals surface area contributed by atoms with Crippen LogP contribution >= 0.6 is 0 Å². The van der Waals surface area contributed by atoms with Crippen molar-refractivity contribution in [1.82, 2.24) is 19.9 Å². The summed E-state index contributed by atoms with van der Waals surface area (Å²) in [7, 11) is 1.36. The van der Waals surface area contributed by atoms with E-state index in [1.165, 1.54) is 31.4 Å². The molecule has 51 heavy (non-hydrogen) atoms. The number of hydrogen-bond acceptors (Lipinski definition) is 11. The Morgan fingerprint density at radius 3 is 2.61 bits per heavy atom. The van der Waals surface area contributed by atoms with E-state index < -0.39 is 35.1 Å². The van der Waals surface area contributed by atoms with Gasteiger partial charge in [0.15, 0.2) is 5.82 Å². The van der Waals surface area contributed by atoms with E-state index in [2.05, 4.69) is 14.9 Å². The van der Waals surface area contributed by atoms with Crippen molar-refractivity contribution in [3.63, 3.8) is 0 Å². The van der Waals surface area contributed by atoms with Crippen LogP contribution in [0.4, 0.5) is 19.0 Å². The molecule has 4 aliphatic rings. The minimum Gasteiger partial charge on any atom is -0.508 e. The third kappa shape index (κ3) is 5.89. The molecule has 3 saturated heterocycles.